The van der Waals surface area contributed by atoms with Crippen LogP contribution in [0.4, 0.5) is 0 Å². The molecule has 1 heterocycles. The lowest BCUT2D eigenvalue weighted by atomic mass is 9.74. The maximum atomic E-state index is 13.3. The molecule has 0 spiro atoms. The molecule has 0 radical (unpaired) electrons. The van der Waals surface area contributed by atoms with Gasteiger partial charge in [0.25, 0.3) is 0 Å². The van der Waals surface area contributed by atoms with Crippen LogP contribution in [0.1, 0.15) is 57.4 Å². The van der Waals surface area contributed by atoms with Crippen molar-refractivity contribution in [2.75, 3.05) is 19.6 Å². The van der Waals surface area contributed by atoms with Gasteiger partial charge < -0.3 is 10.0 Å². The maximum absolute atomic E-state index is 13.3. The molecule has 0 amide bonds. The maximum Gasteiger partial charge on any atom is 0.225 e. The number of carbonyl (C=O) groups excluding carboxylic acids is 1. The van der Waals surface area contributed by atoms with Crippen molar-refractivity contribution in [1.29, 1.82) is 0 Å². The van der Waals surface area contributed by atoms with Crippen molar-refractivity contribution in [3.05, 3.63) is 35.9 Å². The van der Waals surface area contributed by atoms with E-state index >= 15 is 0 Å². The standard InChI is InChI=1S/C21H31NO2S.ClH/c1-2-22-15-9-14-19(16-22)25-20(23)21(24,17-10-5-3-6-11-17)18-12-7-4-8-13-18;/h3,5-6,10-11,18-19,24H,2,4,7-9,12-16H2,1H3;1H. The van der Waals surface area contributed by atoms with E-state index in [9.17, 15) is 9.90 Å². The van der Waals surface area contributed by atoms with E-state index in [2.05, 4.69) is 11.8 Å². The highest BCUT2D eigenvalue weighted by atomic mass is 35.5. The molecule has 1 saturated carbocycles. The van der Waals surface area contributed by atoms with Gasteiger partial charge in [0.05, 0.1) is 0 Å². The average molecular weight is 398 g/mol. The number of hydrogen-bond acceptors (Lipinski definition) is 4. The molecule has 0 bridgehead atoms. The van der Waals surface area contributed by atoms with Crippen LogP contribution in [0.2, 0.25) is 0 Å². The molecular formula is C21H32ClNO2S. The van der Waals surface area contributed by atoms with Crippen LogP contribution in [0.25, 0.3) is 0 Å². The summed E-state index contributed by atoms with van der Waals surface area (Å²) in [6.07, 6.45) is 7.56. The summed E-state index contributed by atoms with van der Waals surface area (Å²) >= 11 is 1.40. The first-order valence-electron chi connectivity index (χ1n) is 9.86. The van der Waals surface area contributed by atoms with Crippen LogP contribution in [0.3, 0.4) is 0 Å². The normalized spacial score (nSPS) is 24.5. The molecule has 2 aliphatic rings. The van der Waals surface area contributed by atoms with E-state index in [1.165, 1.54) is 18.2 Å². The SMILES string of the molecule is CCN1CCCC(SC(=O)C(O)(c2ccccc2)C2CCCCC2)C1.Cl. The quantitative estimate of drug-likeness (QED) is 0.786. The van der Waals surface area contributed by atoms with Gasteiger partial charge in [0, 0.05) is 11.8 Å². The van der Waals surface area contributed by atoms with Crippen LogP contribution >= 0.6 is 24.2 Å². The minimum atomic E-state index is -1.33. The lowest BCUT2D eigenvalue weighted by molar-refractivity contribution is -0.136. The number of likely N-dealkylation sites (tertiary alicyclic amines) is 1. The zero-order valence-corrected chi connectivity index (χ0v) is 17.4. The summed E-state index contributed by atoms with van der Waals surface area (Å²) in [6, 6.07) is 9.66. The Morgan fingerprint density at radius 1 is 1.15 bits per heavy atom. The fraction of sp³-hybridized carbons (Fsp3) is 0.667. The topological polar surface area (TPSA) is 40.5 Å². The fourth-order valence-corrected chi connectivity index (χ4v) is 5.71. The molecule has 1 aromatic rings. The molecular weight excluding hydrogens is 366 g/mol. The zero-order valence-electron chi connectivity index (χ0n) is 15.7. The molecule has 1 aromatic carbocycles. The first-order valence-corrected chi connectivity index (χ1v) is 10.7. The second-order valence-corrected chi connectivity index (χ2v) is 8.80. The summed E-state index contributed by atoms with van der Waals surface area (Å²) in [6.45, 7) is 5.31. The van der Waals surface area contributed by atoms with Gasteiger partial charge in [-0.1, -0.05) is 68.3 Å². The lowest BCUT2D eigenvalue weighted by Crippen LogP contribution is -2.45. The third kappa shape index (κ3) is 4.83. The van der Waals surface area contributed by atoms with E-state index in [0.717, 1.165) is 63.7 Å². The predicted molar refractivity (Wildman–Crippen MR) is 112 cm³/mol. The van der Waals surface area contributed by atoms with Gasteiger partial charge in [0.1, 0.15) is 0 Å². The largest absolute Gasteiger partial charge is 0.376 e. The van der Waals surface area contributed by atoms with Crippen molar-refractivity contribution < 1.29 is 9.90 Å². The van der Waals surface area contributed by atoms with Crippen LogP contribution in [0.15, 0.2) is 30.3 Å². The Morgan fingerprint density at radius 2 is 1.85 bits per heavy atom. The Kier molecular flexibility index (Phi) is 8.46. The highest BCUT2D eigenvalue weighted by Crippen LogP contribution is 2.43. The van der Waals surface area contributed by atoms with Crippen molar-refractivity contribution in [3.63, 3.8) is 0 Å². The number of piperidine rings is 1. The van der Waals surface area contributed by atoms with E-state index in [4.69, 9.17) is 0 Å². The van der Waals surface area contributed by atoms with Gasteiger partial charge in [-0.05, 0) is 50.3 Å². The number of benzene rings is 1. The highest BCUT2D eigenvalue weighted by Gasteiger charge is 2.46. The second kappa shape index (κ2) is 10.1. The number of carbonyl (C=O) groups is 1. The summed E-state index contributed by atoms with van der Waals surface area (Å²) in [7, 11) is 0. The molecule has 5 heteroatoms. The summed E-state index contributed by atoms with van der Waals surface area (Å²) in [5.74, 6) is 0.0505. The minimum absolute atomic E-state index is 0. The number of thioether (sulfide) groups is 1. The fourth-order valence-electron chi connectivity index (χ4n) is 4.37. The third-order valence-electron chi connectivity index (χ3n) is 5.90. The Morgan fingerprint density at radius 3 is 2.50 bits per heavy atom. The van der Waals surface area contributed by atoms with Crippen LogP contribution in [0, 0.1) is 5.92 Å². The van der Waals surface area contributed by atoms with Gasteiger partial charge in [-0.2, -0.15) is 0 Å². The molecule has 1 N–H and O–H groups in total. The molecule has 146 valence electrons. The molecule has 3 rings (SSSR count). The van der Waals surface area contributed by atoms with Gasteiger partial charge in [0.2, 0.25) is 5.12 Å². The van der Waals surface area contributed by atoms with Crippen molar-refractivity contribution in [2.45, 2.75) is 62.7 Å². The summed E-state index contributed by atoms with van der Waals surface area (Å²) in [5, 5.41) is 11.9. The Bertz CT molecular complexity index is 564. The summed E-state index contributed by atoms with van der Waals surface area (Å²) < 4.78 is 0. The van der Waals surface area contributed by atoms with Gasteiger partial charge in [0.15, 0.2) is 5.60 Å². The van der Waals surface area contributed by atoms with Crippen molar-refractivity contribution in [3.8, 4) is 0 Å². The number of nitrogens with zero attached hydrogens (tertiary/aromatic N) is 1. The van der Waals surface area contributed by atoms with Crippen LogP contribution < -0.4 is 0 Å². The first-order chi connectivity index (χ1) is 12.1. The van der Waals surface area contributed by atoms with Gasteiger partial charge in [-0.15, -0.1) is 12.4 Å². The van der Waals surface area contributed by atoms with E-state index in [1.54, 1.807) is 0 Å². The molecule has 1 saturated heterocycles. The molecule has 2 fully saturated rings. The Hall–Kier alpha value is -0.550. The number of halogens is 1. The smallest absolute Gasteiger partial charge is 0.225 e. The lowest BCUT2D eigenvalue weighted by Gasteiger charge is -2.39. The van der Waals surface area contributed by atoms with E-state index in [0.29, 0.717) is 5.25 Å². The second-order valence-electron chi connectivity index (χ2n) is 7.53. The van der Waals surface area contributed by atoms with Crippen molar-refractivity contribution in [1.82, 2.24) is 4.90 Å². The van der Waals surface area contributed by atoms with Gasteiger partial charge >= 0.3 is 0 Å². The van der Waals surface area contributed by atoms with Crippen molar-refractivity contribution in [2.24, 2.45) is 5.92 Å². The van der Waals surface area contributed by atoms with Gasteiger partial charge in [-0.3, -0.25) is 4.79 Å². The van der Waals surface area contributed by atoms with Gasteiger partial charge in [-0.25, -0.2) is 0 Å². The molecule has 0 aromatic heterocycles. The van der Waals surface area contributed by atoms with E-state index < -0.39 is 5.60 Å². The predicted octanol–water partition coefficient (Wildman–Crippen LogP) is 4.62. The Labute approximate surface area is 168 Å². The first kappa shape index (κ1) is 21.7. The number of rotatable bonds is 5. The molecule has 26 heavy (non-hydrogen) atoms. The molecule has 1 aliphatic carbocycles. The van der Waals surface area contributed by atoms with E-state index in [-0.39, 0.29) is 23.4 Å². The zero-order chi connectivity index (χ0) is 17.7. The monoisotopic (exact) mass is 397 g/mol. The van der Waals surface area contributed by atoms with E-state index in [1.807, 2.05) is 30.3 Å². The summed E-state index contributed by atoms with van der Waals surface area (Å²) in [4.78, 5) is 15.7. The molecule has 2 unspecified atom stereocenters. The van der Waals surface area contributed by atoms with Crippen LogP contribution in [-0.4, -0.2) is 40.0 Å². The van der Waals surface area contributed by atoms with Crippen LogP contribution in [0.5, 0.6) is 0 Å². The minimum Gasteiger partial charge on any atom is -0.376 e. The molecule has 3 nitrogen and oxygen atoms in total. The molecule has 1 aliphatic heterocycles. The molecule has 2 atom stereocenters. The third-order valence-corrected chi connectivity index (χ3v) is 7.15. The number of aliphatic hydroxyl groups is 1. The number of hydrogen-bond donors (Lipinski definition) is 1. The highest BCUT2D eigenvalue weighted by molar-refractivity contribution is 8.14. The van der Waals surface area contributed by atoms with Crippen molar-refractivity contribution >= 4 is 29.3 Å². The van der Waals surface area contributed by atoms with Crippen LogP contribution in [-0.2, 0) is 10.4 Å². The summed E-state index contributed by atoms with van der Waals surface area (Å²) in [5.41, 5.74) is -0.552. The average Bonchev–Trinajstić information content (AvgIpc) is 2.68. The Balaban J connectivity index is 0.00000243.